The summed E-state index contributed by atoms with van der Waals surface area (Å²) < 4.78 is 0. The van der Waals surface area contributed by atoms with Gasteiger partial charge in [0.1, 0.15) is 0 Å². The third kappa shape index (κ3) is 1.87. The number of nitrogens with zero attached hydrogens (tertiary/aromatic N) is 1. The van der Waals surface area contributed by atoms with E-state index in [1.54, 1.807) is 0 Å². The number of hydrogen-bond acceptors (Lipinski definition) is 3. The zero-order valence-electron chi connectivity index (χ0n) is 7.66. The Bertz CT molecular complexity index is 279. The van der Waals surface area contributed by atoms with Gasteiger partial charge in [-0.1, -0.05) is 0 Å². The molecule has 1 aromatic rings. The van der Waals surface area contributed by atoms with Crippen molar-refractivity contribution < 1.29 is 0 Å². The van der Waals surface area contributed by atoms with Gasteiger partial charge in [-0.05, 0) is 36.6 Å². The van der Waals surface area contributed by atoms with Crippen LogP contribution in [0.3, 0.4) is 0 Å². The zero-order chi connectivity index (χ0) is 9.10. The maximum atomic E-state index is 5.56. The number of nitrogens with two attached hydrogens (primary N) is 1. The monoisotopic (exact) mass is 177 g/mol. The molecule has 2 heterocycles. The quantitative estimate of drug-likeness (QED) is 0.707. The Hall–Kier alpha value is -0.930. The smallest absolute Gasteiger partial charge is 0.0336 e. The van der Waals surface area contributed by atoms with Crippen molar-refractivity contribution in [3.8, 4) is 0 Å². The number of pyridine rings is 1. The molecule has 0 radical (unpaired) electrons. The predicted octanol–water partition coefficient (Wildman–Crippen LogP) is 0.965. The third-order valence-electron chi connectivity index (χ3n) is 2.51. The van der Waals surface area contributed by atoms with E-state index in [9.17, 15) is 0 Å². The molecule has 1 aromatic heterocycles. The summed E-state index contributed by atoms with van der Waals surface area (Å²) >= 11 is 0. The van der Waals surface area contributed by atoms with Crippen LogP contribution in [0.4, 0.5) is 0 Å². The Morgan fingerprint density at radius 1 is 1.54 bits per heavy atom. The van der Waals surface area contributed by atoms with Gasteiger partial charge in [-0.15, -0.1) is 0 Å². The minimum atomic E-state index is 0.499. The largest absolute Gasteiger partial charge is 0.326 e. The number of hydrogen-bond donors (Lipinski definition) is 2. The standard InChI is InChI=1S/C10H15N3/c11-5-8-4-9(7-12-6-8)10-2-1-3-13-10/h4,6-7,10,13H,1-3,5,11H2. The molecular weight excluding hydrogens is 162 g/mol. The van der Waals surface area contributed by atoms with Crippen LogP contribution < -0.4 is 11.1 Å². The van der Waals surface area contributed by atoms with Crippen LogP contribution in [0.5, 0.6) is 0 Å². The van der Waals surface area contributed by atoms with Gasteiger partial charge in [0.15, 0.2) is 0 Å². The van der Waals surface area contributed by atoms with E-state index in [4.69, 9.17) is 5.73 Å². The first-order valence-corrected chi connectivity index (χ1v) is 4.77. The van der Waals surface area contributed by atoms with Gasteiger partial charge < -0.3 is 11.1 Å². The van der Waals surface area contributed by atoms with Crippen LogP contribution in [0.15, 0.2) is 18.5 Å². The van der Waals surface area contributed by atoms with Crippen molar-refractivity contribution in [2.45, 2.75) is 25.4 Å². The molecule has 0 spiro atoms. The lowest BCUT2D eigenvalue weighted by Crippen LogP contribution is -2.13. The van der Waals surface area contributed by atoms with Crippen molar-refractivity contribution >= 4 is 0 Å². The van der Waals surface area contributed by atoms with Crippen molar-refractivity contribution in [1.82, 2.24) is 10.3 Å². The molecular formula is C10H15N3. The van der Waals surface area contributed by atoms with Crippen LogP contribution in [-0.2, 0) is 6.54 Å². The van der Waals surface area contributed by atoms with Gasteiger partial charge in [0.25, 0.3) is 0 Å². The molecule has 3 heteroatoms. The Kier molecular flexibility index (Phi) is 2.57. The van der Waals surface area contributed by atoms with Crippen LogP contribution in [0.25, 0.3) is 0 Å². The molecule has 1 atom stereocenters. The Labute approximate surface area is 78.4 Å². The minimum absolute atomic E-state index is 0.499. The van der Waals surface area contributed by atoms with Crippen LogP contribution in [0.1, 0.15) is 30.0 Å². The molecule has 1 saturated heterocycles. The summed E-state index contributed by atoms with van der Waals surface area (Å²) in [6, 6.07) is 2.65. The molecule has 1 fully saturated rings. The van der Waals surface area contributed by atoms with Crippen LogP contribution in [0, 0.1) is 0 Å². The molecule has 0 saturated carbocycles. The normalized spacial score (nSPS) is 22.1. The second-order valence-electron chi connectivity index (χ2n) is 3.48. The van der Waals surface area contributed by atoms with E-state index >= 15 is 0 Å². The van der Waals surface area contributed by atoms with E-state index in [0.29, 0.717) is 12.6 Å². The van der Waals surface area contributed by atoms with Crippen molar-refractivity contribution in [1.29, 1.82) is 0 Å². The average molecular weight is 177 g/mol. The topological polar surface area (TPSA) is 50.9 Å². The summed E-state index contributed by atoms with van der Waals surface area (Å²) in [6.45, 7) is 1.70. The average Bonchev–Trinajstić information content (AvgIpc) is 2.71. The second-order valence-corrected chi connectivity index (χ2v) is 3.48. The highest BCUT2D eigenvalue weighted by atomic mass is 14.9. The van der Waals surface area contributed by atoms with Crippen molar-refractivity contribution in [2.75, 3.05) is 6.54 Å². The summed E-state index contributed by atoms with van der Waals surface area (Å²) in [5.41, 5.74) is 7.95. The first-order chi connectivity index (χ1) is 6.40. The summed E-state index contributed by atoms with van der Waals surface area (Å²) in [5.74, 6) is 0. The minimum Gasteiger partial charge on any atom is -0.326 e. The molecule has 0 aliphatic carbocycles. The van der Waals surface area contributed by atoms with Gasteiger partial charge >= 0.3 is 0 Å². The van der Waals surface area contributed by atoms with Crippen LogP contribution in [0.2, 0.25) is 0 Å². The second kappa shape index (κ2) is 3.85. The summed E-state index contributed by atoms with van der Waals surface area (Å²) in [6.07, 6.45) is 6.24. The number of aromatic nitrogens is 1. The van der Waals surface area contributed by atoms with Crippen LogP contribution >= 0.6 is 0 Å². The van der Waals surface area contributed by atoms with E-state index in [-0.39, 0.29) is 0 Å². The highest BCUT2D eigenvalue weighted by molar-refractivity contribution is 5.21. The van der Waals surface area contributed by atoms with Crippen molar-refractivity contribution in [3.05, 3.63) is 29.6 Å². The first kappa shape index (κ1) is 8.66. The molecule has 3 N–H and O–H groups in total. The first-order valence-electron chi connectivity index (χ1n) is 4.77. The third-order valence-corrected chi connectivity index (χ3v) is 2.51. The van der Waals surface area contributed by atoms with Gasteiger partial charge in [0.2, 0.25) is 0 Å². The SMILES string of the molecule is NCc1cncc(C2CCCN2)c1. The van der Waals surface area contributed by atoms with E-state index in [2.05, 4.69) is 16.4 Å². The summed E-state index contributed by atoms with van der Waals surface area (Å²) in [4.78, 5) is 4.18. The fraction of sp³-hybridized carbons (Fsp3) is 0.500. The molecule has 13 heavy (non-hydrogen) atoms. The van der Waals surface area contributed by atoms with Crippen molar-refractivity contribution in [3.63, 3.8) is 0 Å². The molecule has 2 rings (SSSR count). The lowest BCUT2D eigenvalue weighted by atomic mass is 10.1. The molecule has 0 amide bonds. The van der Waals surface area contributed by atoms with Crippen molar-refractivity contribution in [2.24, 2.45) is 5.73 Å². The fourth-order valence-corrected chi connectivity index (χ4v) is 1.78. The van der Waals surface area contributed by atoms with Gasteiger partial charge in [-0.25, -0.2) is 0 Å². The van der Waals surface area contributed by atoms with Gasteiger partial charge in [-0.2, -0.15) is 0 Å². The van der Waals surface area contributed by atoms with E-state index in [1.165, 1.54) is 18.4 Å². The lowest BCUT2D eigenvalue weighted by Gasteiger charge is -2.10. The van der Waals surface area contributed by atoms with Gasteiger partial charge in [-0.3, -0.25) is 4.98 Å². The number of rotatable bonds is 2. The summed E-state index contributed by atoms with van der Waals surface area (Å²) in [7, 11) is 0. The molecule has 3 nitrogen and oxygen atoms in total. The zero-order valence-corrected chi connectivity index (χ0v) is 7.66. The molecule has 1 unspecified atom stereocenters. The Balaban J connectivity index is 2.18. The molecule has 0 aromatic carbocycles. The fourth-order valence-electron chi connectivity index (χ4n) is 1.78. The Morgan fingerprint density at radius 2 is 2.46 bits per heavy atom. The van der Waals surface area contributed by atoms with Crippen LogP contribution in [-0.4, -0.2) is 11.5 Å². The lowest BCUT2D eigenvalue weighted by molar-refractivity contribution is 0.643. The highest BCUT2D eigenvalue weighted by Crippen LogP contribution is 2.22. The highest BCUT2D eigenvalue weighted by Gasteiger charge is 2.16. The molecule has 70 valence electrons. The van der Waals surface area contributed by atoms with Gasteiger partial charge in [0.05, 0.1) is 0 Å². The summed E-state index contributed by atoms with van der Waals surface area (Å²) in [5, 5.41) is 3.44. The van der Waals surface area contributed by atoms with Gasteiger partial charge in [0, 0.05) is 25.0 Å². The maximum absolute atomic E-state index is 5.56. The molecule has 1 aliphatic heterocycles. The van der Waals surface area contributed by atoms with E-state index < -0.39 is 0 Å². The molecule has 0 bridgehead atoms. The molecule has 1 aliphatic rings. The predicted molar refractivity (Wildman–Crippen MR) is 52.1 cm³/mol. The van der Waals surface area contributed by atoms with E-state index in [0.717, 1.165) is 12.1 Å². The number of nitrogens with one attached hydrogen (secondary N) is 1. The van der Waals surface area contributed by atoms with E-state index in [1.807, 2.05) is 12.4 Å². The maximum Gasteiger partial charge on any atom is 0.0336 e. The Morgan fingerprint density at radius 3 is 3.15 bits per heavy atom.